The molecule has 0 saturated carbocycles. The van der Waals surface area contributed by atoms with Crippen molar-refractivity contribution in [2.75, 3.05) is 33.0 Å². The predicted molar refractivity (Wildman–Crippen MR) is 46.2 cm³/mol. The SMILES string of the molecule is CC(OCCO)C(CO)(CO)CO. The predicted octanol–water partition coefficient (Wildman–Crippen LogP) is -1.65. The van der Waals surface area contributed by atoms with Crippen LogP contribution >= 0.6 is 0 Å². The first-order chi connectivity index (χ1) is 6.16. The lowest BCUT2D eigenvalue weighted by Gasteiger charge is -2.33. The lowest BCUT2D eigenvalue weighted by Crippen LogP contribution is -2.45. The summed E-state index contributed by atoms with van der Waals surface area (Å²) in [5.41, 5.74) is -1.03. The van der Waals surface area contributed by atoms with Gasteiger partial charge in [-0.25, -0.2) is 0 Å². The molecule has 0 bridgehead atoms. The Hall–Kier alpha value is -0.200. The van der Waals surface area contributed by atoms with Crippen LogP contribution in [0.15, 0.2) is 0 Å². The molecule has 0 aliphatic rings. The summed E-state index contributed by atoms with van der Waals surface area (Å²) in [7, 11) is 0. The highest BCUT2D eigenvalue weighted by Crippen LogP contribution is 2.22. The van der Waals surface area contributed by atoms with Crippen molar-refractivity contribution in [1.82, 2.24) is 0 Å². The zero-order valence-electron chi connectivity index (χ0n) is 7.81. The van der Waals surface area contributed by atoms with Gasteiger partial charge >= 0.3 is 0 Å². The Morgan fingerprint density at radius 3 is 1.85 bits per heavy atom. The van der Waals surface area contributed by atoms with Gasteiger partial charge in [-0.1, -0.05) is 0 Å². The number of aliphatic hydroxyl groups is 4. The second-order valence-corrected chi connectivity index (χ2v) is 3.07. The third kappa shape index (κ3) is 3.21. The highest BCUT2D eigenvalue weighted by atomic mass is 16.5. The number of ether oxygens (including phenoxy) is 1. The van der Waals surface area contributed by atoms with Crippen LogP contribution < -0.4 is 0 Å². The van der Waals surface area contributed by atoms with Gasteiger partial charge < -0.3 is 25.2 Å². The minimum Gasteiger partial charge on any atom is -0.396 e. The van der Waals surface area contributed by atoms with Crippen molar-refractivity contribution in [3.63, 3.8) is 0 Å². The number of rotatable bonds is 7. The Kier molecular flexibility index (Phi) is 6.19. The van der Waals surface area contributed by atoms with Crippen molar-refractivity contribution in [2.24, 2.45) is 5.41 Å². The van der Waals surface area contributed by atoms with E-state index < -0.39 is 11.5 Å². The zero-order chi connectivity index (χ0) is 10.3. The zero-order valence-corrected chi connectivity index (χ0v) is 7.81. The van der Waals surface area contributed by atoms with Crippen molar-refractivity contribution in [3.05, 3.63) is 0 Å². The summed E-state index contributed by atoms with van der Waals surface area (Å²) in [6.07, 6.45) is -0.500. The first kappa shape index (κ1) is 12.8. The van der Waals surface area contributed by atoms with Gasteiger partial charge in [-0.15, -0.1) is 0 Å². The first-order valence-electron chi connectivity index (χ1n) is 4.22. The lowest BCUT2D eigenvalue weighted by molar-refractivity contribution is -0.110. The molecule has 5 nitrogen and oxygen atoms in total. The molecule has 0 spiro atoms. The minimum atomic E-state index is -1.03. The fraction of sp³-hybridized carbons (Fsp3) is 1.00. The highest BCUT2D eigenvalue weighted by molar-refractivity contribution is 4.83. The summed E-state index contributed by atoms with van der Waals surface area (Å²) in [6, 6.07) is 0. The summed E-state index contributed by atoms with van der Waals surface area (Å²) >= 11 is 0. The van der Waals surface area contributed by atoms with Gasteiger partial charge in [0.15, 0.2) is 0 Å². The fourth-order valence-electron chi connectivity index (χ4n) is 0.942. The molecule has 0 rings (SSSR count). The average Bonchev–Trinajstić information content (AvgIpc) is 2.18. The van der Waals surface area contributed by atoms with Gasteiger partial charge in [0.05, 0.1) is 44.6 Å². The number of hydrogen-bond acceptors (Lipinski definition) is 5. The van der Waals surface area contributed by atoms with Crippen molar-refractivity contribution < 1.29 is 25.2 Å². The Morgan fingerprint density at radius 2 is 1.54 bits per heavy atom. The van der Waals surface area contributed by atoms with Crippen LogP contribution in [-0.4, -0.2) is 59.6 Å². The molecular weight excluding hydrogens is 176 g/mol. The van der Waals surface area contributed by atoms with E-state index in [2.05, 4.69) is 0 Å². The van der Waals surface area contributed by atoms with Gasteiger partial charge in [0.1, 0.15) is 0 Å². The Labute approximate surface area is 77.6 Å². The summed E-state index contributed by atoms with van der Waals surface area (Å²) < 4.78 is 5.10. The van der Waals surface area contributed by atoms with Gasteiger partial charge in [0, 0.05) is 0 Å². The van der Waals surface area contributed by atoms with Crippen LogP contribution in [-0.2, 0) is 4.74 Å². The Balaban J connectivity index is 4.17. The van der Waals surface area contributed by atoms with Crippen LogP contribution in [0.1, 0.15) is 6.92 Å². The number of hydrogen-bond donors (Lipinski definition) is 4. The summed E-state index contributed by atoms with van der Waals surface area (Å²) in [4.78, 5) is 0. The van der Waals surface area contributed by atoms with E-state index in [9.17, 15) is 0 Å². The van der Waals surface area contributed by atoms with E-state index >= 15 is 0 Å². The van der Waals surface area contributed by atoms with E-state index in [0.717, 1.165) is 0 Å². The van der Waals surface area contributed by atoms with Gasteiger partial charge in [-0.2, -0.15) is 0 Å². The topological polar surface area (TPSA) is 90.2 Å². The van der Waals surface area contributed by atoms with Crippen LogP contribution in [0.3, 0.4) is 0 Å². The largest absolute Gasteiger partial charge is 0.396 e. The molecule has 0 saturated heterocycles. The molecule has 13 heavy (non-hydrogen) atoms. The van der Waals surface area contributed by atoms with E-state index in [1.165, 1.54) is 0 Å². The van der Waals surface area contributed by atoms with Crippen LogP contribution in [0.2, 0.25) is 0 Å². The molecule has 0 aliphatic carbocycles. The van der Waals surface area contributed by atoms with Crippen LogP contribution in [0.5, 0.6) is 0 Å². The minimum absolute atomic E-state index is 0.122. The molecule has 0 radical (unpaired) electrons. The van der Waals surface area contributed by atoms with Crippen molar-refractivity contribution in [3.8, 4) is 0 Å². The van der Waals surface area contributed by atoms with Gasteiger partial charge in [0.2, 0.25) is 0 Å². The maximum absolute atomic E-state index is 8.98. The molecule has 4 N–H and O–H groups in total. The van der Waals surface area contributed by atoms with Crippen molar-refractivity contribution in [2.45, 2.75) is 13.0 Å². The summed E-state index contributed by atoms with van der Waals surface area (Å²) in [5, 5.41) is 35.4. The van der Waals surface area contributed by atoms with Crippen LogP contribution in [0.4, 0.5) is 0 Å². The van der Waals surface area contributed by atoms with Gasteiger partial charge in [-0.05, 0) is 6.92 Å². The number of aliphatic hydroxyl groups excluding tert-OH is 4. The van der Waals surface area contributed by atoms with Gasteiger partial charge in [0.25, 0.3) is 0 Å². The average molecular weight is 194 g/mol. The molecule has 0 aromatic heterocycles. The second kappa shape index (κ2) is 6.28. The molecule has 80 valence electrons. The monoisotopic (exact) mass is 194 g/mol. The van der Waals surface area contributed by atoms with E-state index in [1.807, 2.05) is 0 Å². The fourth-order valence-corrected chi connectivity index (χ4v) is 0.942. The first-order valence-corrected chi connectivity index (χ1v) is 4.22. The van der Waals surface area contributed by atoms with Crippen LogP contribution in [0, 0.1) is 5.41 Å². The standard InChI is InChI=1S/C8H18O5/c1-7(13-3-2-9)8(4-10,5-11)6-12/h7,9-12H,2-6H2,1H3. The maximum Gasteiger partial charge on any atom is 0.0701 e. The molecule has 0 aromatic carbocycles. The molecule has 0 heterocycles. The van der Waals surface area contributed by atoms with E-state index in [4.69, 9.17) is 25.2 Å². The second-order valence-electron chi connectivity index (χ2n) is 3.07. The molecular formula is C8H18O5. The van der Waals surface area contributed by atoms with E-state index in [0.29, 0.717) is 0 Å². The molecule has 0 amide bonds. The molecule has 1 unspecified atom stereocenters. The van der Waals surface area contributed by atoms with E-state index in [1.54, 1.807) is 6.92 Å². The highest BCUT2D eigenvalue weighted by Gasteiger charge is 2.35. The molecule has 0 aliphatic heterocycles. The smallest absolute Gasteiger partial charge is 0.0701 e. The summed E-state index contributed by atoms with van der Waals surface area (Å²) in [5.74, 6) is 0. The Bertz CT molecular complexity index is 115. The third-order valence-corrected chi connectivity index (χ3v) is 2.27. The molecule has 0 aromatic rings. The molecule has 1 atom stereocenters. The lowest BCUT2D eigenvalue weighted by atomic mass is 9.85. The Morgan fingerprint density at radius 1 is 1.08 bits per heavy atom. The van der Waals surface area contributed by atoms with Crippen molar-refractivity contribution >= 4 is 0 Å². The third-order valence-electron chi connectivity index (χ3n) is 2.27. The maximum atomic E-state index is 8.98. The van der Waals surface area contributed by atoms with Crippen molar-refractivity contribution in [1.29, 1.82) is 0 Å². The quantitative estimate of drug-likeness (QED) is 0.390. The molecule has 5 heteroatoms. The van der Waals surface area contributed by atoms with Crippen LogP contribution in [0.25, 0.3) is 0 Å². The normalized spacial score (nSPS) is 14.5. The molecule has 0 fully saturated rings. The van der Waals surface area contributed by atoms with E-state index in [-0.39, 0.29) is 33.0 Å². The summed E-state index contributed by atoms with van der Waals surface area (Å²) in [6.45, 7) is 0.579. The van der Waals surface area contributed by atoms with Gasteiger partial charge in [-0.3, -0.25) is 0 Å².